The fraction of sp³-hybridized carbons (Fsp3) is 0.714. The molecule has 0 atom stereocenters. The van der Waals surface area contributed by atoms with E-state index < -0.39 is 24.1 Å². The number of aliphatic imine (C=N–C) groups is 1. The zero-order valence-corrected chi connectivity index (χ0v) is 7.47. The maximum Gasteiger partial charge on any atom is 0.434 e. The molecule has 0 fully saturated rings. The summed E-state index contributed by atoms with van der Waals surface area (Å²) in [6, 6.07) is 0. The first kappa shape index (κ1) is 11.9. The van der Waals surface area contributed by atoms with Gasteiger partial charge in [0.25, 0.3) is 0 Å². The van der Waals surface area contributed by atoms with Gasteiger partial charge in [0.05, 0.1) is 0 Å². The maximum absolute atomic E-state index is 11.5. The van der Waals surface area contributed by atoms with Crippen LogP contribution in [0.1, 0.15) is 20.8 Å². The summed E-state index contributed by atoms with van der Waals surface area (Å²) in [6.07, 6.45) is -6.23. The number of alkyl halides is 3. The Bertz CT molecular complexity index is 215. The molecule has 3 nitrogen and oxygen atoms in total. The van der Waals surface area contributed by atoms with Crippen LogP contribution < -0.4 is 0 Å². The molecule has 0 rings (SSSR count). The number of hydrogen-bond acceptors (Lipinski definition) is 2. The van der Waals surface area contributed by atoms with E-state index in [-0.39, 0.29) is 0 Å². The Morgan fingerprint density at radius 3 is 2.08 bits per heavy atom. The third-order valence-electron chi connectivity index (χ3n) is 0.710. The number of hydrogen-bond donors (Lipinski definition) is 0. The first-order valence-corrected chi connectivity index (χ1v) is 3.45. The number of carbonyl (C=O) groups excluding carboxylic acids is 1. The second-order valence-electron chi connectivity index (χ2n) is 3.28. The van der Waals surface area contributed by atoms with Crippen molar-refractivity contribution in [2.24, 2.45) is 4.99 Å². The fourth-order valence-electron chi connectivity index (χ4n) is 0.414. The monoisotopic (exact) mass is 197 g/mol. The van der Waals surface area contributed by atoms with Gasteiger partial charge in [-0.05, 0) is 20.8 Å². The van der Waals surface area contributed by atoms with Crippen molar-refractivity contribution in [3.63, 3.8) is 0 Å². The Hall–Kier alpha value is -1.07. The molecule has 0 bridgehead atoms. The SMILES string of the molecule is CC(C)(C)OC(=O)/N=C/C(F)(F)F. The van der Waals surface area contributed by atoms with Crippen molar-refractivity contribution in [1.29, 1.82) is 0 Å². The Morgan fingerprint density at radius 1 is 1.31 bits per heavy atom. The van der Waals surface area contributed by atoms with Crippen LogP contribution in [0.2, 0.25) is 0 Å². The van der Waals surface area contributed by atoms with Gasteiger partial charge >= 0.3 is 12.3 Å². The van der Waals surface area contributed by atoms with Crippen molar-refractivity contribution in [3.8, 4) is 0 Å². The lowest BCUT2D eigenvalue weighted by molar-refractivity contribution is -0.0539. The summed E-state index contributed by atoms with van der Waals surface area (Å²) in [5, 5.41) is 0. The quantitative estimate of drug-likeness (QED) is 0.560. The summed E-state index contributed by atoms with van der Waals surface area (Å²) in [5.74, 6) is 0. The van der Waals surface area contributed by atoms with E-state index in [1.165, 1.54) is 20.8 Å². The molecule has 0 aromatic carbocycles. The number of carbonyl (C=O) groups is 1. The maximum atomic E-state index is 11.5. The molecule has 1 amide bonds. The number of rotatable bonds is 0. The third kappa shape index (κ3) is 8.84. The second kappa shape index (κ2) is 3.76. The highest BCUT2D eigenvalue weighted by atomic mass is 19.4. The highest BCUT2D eigenvalue weighted by Crippen LogP contribution is 2.12. The Morgan fingerprint density at radius 2 is 1.77 bits per heavy atom. The molecule has 6 heteroatoms. The van der Waals surface area contributed by atoms with E-state index in [0.717, 1.165) is 0 Å². The van der Waals surface area contributed by atoms with E-state index >= 15 is 0 Å². The average molecular weight is 197 g/mol. The minimum Gasteiger partial charge on any atom is -0.442 e. The van der Waals surface area contributed by atoms with Crippen LogP contribution in [0.15, 0.2) is 4.99 Å². The van der Waals surface area contributed by atoms with Gasteiger partial charge in [0.2, 0.25) is 0 Å². The van der Waals surface area contributed by atoms with Crippen molar-refractivity contribution in [1.82, 2.24) is 0 Å². The van der Waals surface area contributed by atoms with Crippen molar-refractivity contribution in [2.45, 2.75) is 32.5 Å². The summed E-state index contributed by atoms with van der Waals surface area (Å²) in [5.41, 5.74) is -0.833. The summed E-state index contributed by atoms with van der Waals surface area (Å²) in [6.45, 7) is 4.61. The van der Waals surface area contributed by atoms with E-state index in [4.69, 9.17) is 0 Å². The van der Waals surface area contributed by atoms with E-state index in [1.807, 2.05) is 0 Å². The highest BCUT2D eigenvalue weighted by molar-refractivity contribution is 5.81. The molecule has 0 spiro atoms. The van der Waals surface area contributed by atoms with Crippen LogP contribution in [-0.4, -0.2) is 24.1 Å². The molecule has 0 aliphatic carbocycles. The summed E-state index contributed by atoms with van der Waals surface area (Å²) >= 11 is 0. The van der Waals surface area contributed by atoms with Crippen LogP contribution in [-0.2, 0) is 4.74 Å². The first-order chi connectivity index (χ1) is 5.60. The van der Waals surface area contributed by atoms with Crippen LogP contribution >= 0.6 is 0 Å². The van der Waals surface area contributed by atoms with Crippen LogP contribution in [0.4, 0.5) is 18.0 Å². The summed E-state index contributed by atoms with van der Waals surface area (Å²) in [4.78, 5) is 13.2. The number of amides is 1. The van der Waals surface area contributed by atoms with Crippen molar-refractivity contribution in [3.05, 3.63) is 0 Å². The Labute approximate surface area is 73.6 Å². The van der Waals surface area contributed by atoms with Gasteiger partial charge in [-0.2, -0.15) is 18.2 Å². The standard InChI is InChI=1S/C7H10F3NO2/c1-6(2,3)13-5(12)11-4-7(8,9)10/h4H,1-3H3/b11-4+. The predicted molar refractivity (Wildman–Crippen MR) is 40.8 cm³/mol. The molecule has 0 aliphatic heterocycles. The Balaban J connectivity index is 4.11. The van der Waals surface area contributed by atoms with E-state index in [1.54, 1.807) is 0 Å². The van der Waals surface area contributed by atoms with Crippen LogP contribution in [0, 0.1) is 0 Å². The average Bonchev–Trinajstić information content (AvgIpc) is 1.78. The molecule has 0 unspecified atom stereocenters. The molecule has 76 valence electrons. The second-order valence-corrected chi connectivity index (χ2v) is 3.28. The molecule has 0 aromatic rings. The molecule has 0 aliphatic rings. The van der Waals surface area contributed by atoms with Gasteiger partial charge in [-0.1, -0.05) is 0 Å². The lowest BCUT2D eigenvalue weighted by atomic mass is 10.2. The van der Waals surface area contributed by atoms with Crippen molar-refractivity contribution in [2.75, 3.05) is 0 Å². The van der Waals surface area contributed by atoms with Gasteiger partial charge < -0.3 is 4.74 Å². The van der Waals surface area contributed by atoms with Crippen molar-refractivity contribution < 1.29 is 22.7 Å². The molecule has 0 heterocycles. The molecule has 0 aromatic heterocycles. The number of halogens is 3. The Kier molecular flexibility index (Phi) is 3.45. The molecular weight excluding hydrogens is 187 g/mol. The van der Waals surface area contributed by atoms with Gasteiger partial charge in [0.1, 0.15) is 11.8 Å². The lowest BCUT2D eigenvalue weighted by Crippen LogP contribution is -2.22. The summed E-state index contributed by atoms with van der Waals surface area (Å²) < 4.78 is 39.0. The zero-order chi connectivity index (χ0) is 10.7. The van der Waals surface area contributed by atoms with Crippen LogP contribution in [0.3, 0.4) is 0 Å². The highest BCUT2D eigenvalue weighted by Gasteiger charge is 2.25. The molecule has 13 heavy (non-hydrogen) atoms. The smallest absolute Gasteiger partial charge is 0.434 e. The van der Waals surface area contributed by atoms with Crippen molar-refractivity contribution >= 4 is 12.3 Å². The van der Waals surface area contributed by atoms with E-state index in [9.17, 15) is 18.0 Å². The molecule has 0 N–H and O–H groups in total. The summed E-state index contributed by atoms with van der Waals surface area (Å²) in [7, 11) is 0. The third-order valence-corrected chi connectivity index (χ3v) is 0.710. The van der Waals surface area contributed by atoms with Crippen LogP contribution in [0.25, 0.3) is 0 Å². The minimum atomic E-state index is -4.59. The molecular formula is C7H10F3NO2. The topological polar surface area (TPSA) is 38.7 Å². The van der Waals surface area contributed by atoms with E-state index in [0.29, 0.717) is 0 Å². The van der Waals surface area contributed by atoms with Gasteiger partial charge in [0.15, 0.2) is 0 Å². The largest absolute Gasteiger partial charge is 0.442 e. The number of ether oxygens (including phenoxy) is 1. The van der Waals surface area contributed by atoms with Gasteiger partial charge in [-0.15, -0.1) is 0 Å². The van der Waals surface area contributed by atoms with Gasteiger partial charge in [-0.3, -0.25) is 0 Å². The normalized spacial score (nSPS) is 13.4. The minimum absolute atomic E-state index is 0.402. The van der Waals surface area contributed by atoms with Crippen LogP contribution in [0.5, 0.6) is 0 Å². The fourth-order valence-corrected chi connectivity index (χ4v) is 0.414. The number of nitrogens with zero attached hydrogens (tertiary/aromatic N) is 1. The van der Waals surface area contributed by atoms with Gasteiger partial charge in [-0.25, -0.2) is 4.79 Å². The lowest BCUT2D eigenvalue weighted by Gasteiger charge is -2.17. The first-order valence-electron chi connectivity index (χ1n) is 3.45. The predicted octanol–water partition coefficient (Wildman–Crippen LogP) is 2.55. The van der Waals surface area contributed by atoms with Gasteiger partial charge in [0, 0.05) is 0 Å². The molecule has 0 saturated carbocycles. The molecule has 0 radical (unpaired) electrons. The zero-order valence-electron chi connectivity index (χ0n) is 7.47. The molecule has 0 saturated heterocycles. The van der Waals surface area contributed by atoms with E-state index in [2.05, 4.69) is 9.73 Å².